The fourth-order valence-corrected chi connectivity index (χ4v) is 4.29. The van der Waals surface area contributed by atoms with Crippen molar-refractivity contribution < 1.29 is 23.5 Å². The van der Waals surface area contributed by atoms with Crippen molar-refractivity contribution >= 4 is 34.2 Å². The number of rotatable bonds is 5. The molecule has 1 aliphatic heterocycles. The van der Waals surface area contributed by atoms with Gasteiger partial charge in [-0.2, -0.15) is 0 Å². The summed E-state index contributed by atoms with van der Waals surface area (Å²) in [5.41, 5.74) is 2.36. The van der Waals surface area contributed by atoms with Crippen LogP contribution in [0.4, 0.5) is 11.4 Å². The number of aryl methyl sites for hydroxylation is 2. The smallest absolute Gasteiger partial charge is 0.340 e. The number of ether oxygens (including phenoxy) is 2. The van der Waals surface area contributed by atoms with Crippen molar-refractivity contribution in [2.75, 3.05) is 17.7 Å². The van der Waals surface area contributed by atoms with Gasteiger partial charge in [0.15, 0.2) is 0 Å². The largest absolute Gasteiger partial charge is 0.496 e. The molecule has 1 aromatic heterocycles. The molecule has 0 aliphatic carbocycles. The summed E-state index contributed by atoms with van der Waals surface area (Å²) in [5.74, 6) is 0.583. The quantitative estimate of drug-likeness (QED) is 0.544. The average Bonchev–Trinajstić information content (AvgIpc) is 2.74. The molecule has 2 aromatic carbocycles. The zero-order valence-electron chi connectivity index (χ0n) is 20.0. The lowest BCUT2D eigenvalue weighted by molar-refractivity contribution is -0.116. The van der Waals surface area contributed by atoms with Crippen LogP contribution in [0.15, 0.2) is 39.5 Å². The molecular weight excluding hydrogens is 436 g/mol. The zero-order valence-corrected chi connectivity index (χ0v) is 20.0. The molecule has 178 valence electrons. The van der Waals surface area contributed by atoms with Gasteiger partial charge in [0.1, 0.15) is 22.7 Å². The maximum atomic E-state index is 13.0. The number of fused-ring (bicyclic) bond motifs is 3. The maximum Gasteiger partial charge on any atom is 0.340 e. The molecule has 0 saturated heterocycles. The maximum absolute atomic E-state index is 13.0. The minimum absolute atomic E-state index is 0.168. The van der Waals surface area contributed by atoms with Gasteiger partial charge in [-0.05, 0) is 57.4 Å². The number of methoxy groups -OCH3 is 1. The molecule has 1 aliphatic rings. The van der Waals surface area contributed by atoms with Crippen LogP contribution >= 0.6 is 0 Å². The van der Waals surface area contributed by atoms with Crippen LogP contribution in [-0.2, 0) is 22.4 Å². The summed E-state index contributed by atoms with van der Waals surface area (Å²) in [6.07, 6.45) is 1.32. The second-order valence-corrected chi connectivity index (χ2v) is 9.10. The average molecular weight is 465 g/mol. The van der Waals surface area contributed by atoms with Crippen molar-refractivity contribution in [1.29, 1.82) is 0 Å². The van der Waals surface area contributed by atoms with E-state index in [0.29, 0.717) is 45.8 Å². The first kappa shape index (κ1) is 23.4. The lowest BCUT2D eigenvalue weighted by atomic mass is 9.91. The van der Waals surface area contributed by atoms with Crippen molar-refractivity contribution in [3.8, 4) is 11.5 Å². The molecule has 8 heteroatoms. The van der Waals surface area contributed by atoms with Crippen LogP contribution < -0.4 is 25.7 Å². The van der Waals surface area contributed by atoms with E-state index in [9.17, 15) is 14.4 Å². The Labute approximate surface area is 197 Å². The molecule has 2 N–H and O–H groups in total. The first-order valence-electron chi connectivity index (χ1n) is 11.1. The molecule has 3 aromatic rings. The third-order valence-electron chi connectivity index (χ3n) is 5.96. The van der Waals surface area contributed by atoms with Crippen molar-refractivity contribution in [2.24, 2.45) is 0 Å². The number of hydrogen-bond donors (Lipinski definition) is 2. The second kappa shape index (κ2) is 8.85. The van der Waals surface area contributed by atoms with Crippen molar-refractivity contribution in [1.82, 2.24) is 0 Å². The van der Waals surface area contributed by atoms with Crippen LogP contribution in [0.1, 0.15) is 43.9 Å². The third-order valence-corrected chi connectivity index (χ3v) is 5.96. The van der Waals surface area contributed by atoms with E-state index in [1.165, 1.54) is 6.92 Å². The Balaban J connectivity index is 1.68. The highest BCUT2D eigenvalue weighted by Gasteiger charge is 2.31. The highest BCUT2D eigenvalue weighted by Crippen LogP contribution is 2.43. The van der Waals surface area contributed by atoms with Crippen LogP contribution in [0.5, 0.6) is 11.5 Å². The highest BCUT2D eigenvalue weighted by molar-refractivity contribution is 5.96. The van der Waals surface area contributed by atoms with E-state index < -0.39 is 5.63 Å². The lowest BCUT2D eigenvalue weighted by Gasteiger charge is -2.33. The van der Waals surface area contributed by atoms with Crippen LogP contribution in [-0.4, -0.2) is 24.5 Å². The molecule has 0 atom stereocenters. The minimum Gasteiger partial charge on any atom is -0.496 e. The van der Waals surface area contributed by atoms with E-state index >= 15 is 0 Å². The fourth-order valence-electron chi connectivity index (χ4n) is 4.29. The molecule has 0 saturated carbocycles. The van der Waals surface area contributed by atoms with E-state index in [4.69, 9.17) is 13.9 Å². The number of carbonyl (C=O) groups excluding carboxylic acids is 2. The van der Waals surface area contributed by atoms with Gasteiger partial charge in [-0.1, -0.05) is 6.07 Å². The van der Waals surface area contributed by atoms with E-state index in [0.717, 1.165) is 12.0 Å². The predicted molar refractivity (Wildman–Crippen MR) is 130 cm³/mol. The number of amides is 2. The summed E-state index contributed by atoms with van der Waals surface area (Å²) in [5, 5.41) is 6.11. The van der Waals surface area contributed by atoms with Gasteiger partial charge >= 0.3 is 5.63 Å². The van der Waals surface area contributed by atoms with E-state index in [1.54, 1.807) is 38.3 Å². The number of hydrogen-bond acceptors (Lipinski definition) is 6. The Kier molecular flexibility index (Phi) is 6.08. The standard InChI is InChI=1S/C26H28N2O6/c1-14-19(12-22(30)28-17-8-6-7-16(11-17)27-15(2)29)25(31)33-24-18-9-10-26(3,4)34-20(18)13-21(32-5)23(14)24/h6-8,11,13H,9-10,12H2,1-5H3,(H,27,29)(H,28,30). The van der Waals surface area contributed by atoms with Crippen LogP contribution in [0.25, 0.3) is 11.0 Å². The van der Waals surface area contributed by atoms with Gasteiger partial charge in [0.2, 0.25) is 11.8 Å². The number of anilines is 2. The summed E-state index contributed by atoms with van der Waals surface area (Å²) in [6.45, 7) is 7.23. The molecule has 0 unspecified atom stereocenters. The monoisotopic (exact) mass is 464 g/mol. The molecule has 2 amide bonds. The van der Waals surface area contributed by atoms with Crippen LogP contribution in [0.2, 0.25) is 0 Å². The van der Waals surface area contributed by atoms with Gasteiger partial charge in [0.05, 0.1) is 24.5 Å². The summed E-state index contributed by atoms with van der Waals surface area (Å²) in [4.78, 5) is 37.0. The number of benzene rings is 2. The number of carbonyl (C=O) groups is 2. The zero-order chi connectivity index (χ0) is 24.6. The third kappa shape index (κ3) is 4.62. The Bertz CT molecular complexity index is 1360. The molecule has 8 nitrogen and oxygen atoms in total. The summed E-state index contributed by atoms with van der Waals surface area (Å²) >= 11 is 0. The predicted octanol–water partition coefficient (Wildman–Crippen LogP) is 4.35. The molecular formula is C26H28N2O6. The van der Waals surface area contributed by atoms with Gasteiger partial charge in [-0.3, -0.25) is 9.59 Å². The molecule has 34 heavy (non-hydrogen) atoms. The Hall–Kier alpha value is -3.81. The van der Waals surface area contributed by atoms with Gasteiger partial charge in [-0.15, -0.1) is 0 Å². The topological polar surface area (TPSA) is 107 Å². The molecule has 0 spiro atoms. The van der Waals surface area contributed by atoms with Crippen molar-refractivity contribution in [3.05, 3.63) is 57.4 Å². The normalized spacial score (nSPS) is 14.1. The fraction of sp³-hybridized carbons (Fsp3) is 0.346. The van der Waals surface area contributed by atoms with Crippen molar-refractivity contribution in [3.63, 3.8) is 0 Å². The number of nitrogens with one attached hydrogen (secondary N) is 2. The molecule has 2 heterocycles. The highest BCUT2D eigenvalue weighted by atomic mass is 16.5. The minimum atomic E-state index is -0.563. The second-order valence-electron chi connectivity index (χ2n) is 9.10. The summed E-state index contributed by atoms with van der Waals surface area (Å²) < 4.78 is 17.5. The summed E-state index contributed by atoms with van der Waals surface area (Å²) in [7, 11) is 1.55. The molecule has 4 rings (SSSR count). The SMILES string of the molecule is COc1cc2c(c3oc(=O)c(CC(=O)Nc4cccc(NC(C)=O)c4)c(C)c13)CCC(C)(C)O2. The van der Waals surface area contributed by atoms with Gasteiger partial charge in [0, 0.05) is 29.9 Å². The van der Waals surface area contributed by atoms with E-state index in [-0.39, 0.29) is 29.4 Å². The first-order valence-corrected chi connectivity index (χ1v) is 11.1. The van der Waals surface area contributed by atoms with Crippen LogP contribution in [0.3, 0.4) is 0 Å². The lowest BCUT2D eigenvalue weighted by Crippen LogP contribution is -2.32. The van der Waals surface area contributed by atoms with E-state index in [2.05, 4.69) is 10.6 Å². The summed E-state index contributed by atoms with van der Waals surface area (Å²) in [6, 6.07) is 8.61. The Morgan fingerprint density at radius 3 is 2.53 bits per heavy atom. The molecule has 0 radical (unpaired) electrons. The van der Waals surface area contributed by atoms with Crippen LogP contribution in [0, 0.1) is 6.92 Å². The Morgan fingerprint density at radius 1 is 1.15 bits per heavy atom. The van der Waals surface area contributed by atoms with E-state index in [1.807, 2.05) is 19.9 Å². The van der Waals surface area contributed by atoms with Crippen molar-refractivity contribution in [2.45, 2.75) is 52.6 Å². The molecule has 0 fully saturated rings. The molecule has 0 bridgehead atoms. The van der Waals surface area contributed by atoms with Gasteiger partial charge in [0.25, 0.3) is 0 Å². The first-order chi connectivity index (χ1) is 16.1. The Morgan fingerprint density at radius 2 is 1.85 bits per heavy atom. The van der Waals surface area contributed by atoms with Gasteiger partial charge in [-0.25, -0.2) is 4.79 Å². The van der Waals surface area contributed by atoms with Gasteiger partial charge < -0.3 is 24.5 Å².